The predicted octanol–water partition coefficient (Wildman–Crippen LogP) is 5.02. The van der Waals surface area contributed by atoms with Crippen molar-refractivity contribution in [2.45, 2.75) is 18.7 Å². The molecule has 3 aromatic rings. The Morgan fingerprint density at radius 3 is 2.20 bits per heavy atom. The number of methoxy groups -OCH3 is 1. The van der Waals surface area contributed by atoms with Crippen molar-refractivity contribution in [1.82, 2.24) is 0 Å². The number of rotatable bonds is 6. The maximum absolute atomic E-state index is 12.8. The fourth-order valence-corrected chi connectivity index (χ4v) is 4.02. The summed E-state index contributed by atoms with van der Waals surface area (Å²) in [5.74, 6) is 0.130. The first-order valence-electron chi connectivity index (χ1n) is 9.04. The van der Waals surface area contributed by atoms with Crippen LogP contribution in [0, 0.1) is 13.8 Å². The van der Waals surface area contributed by atoms with Crippen molar-refractivity contribution < 1.29 is 17.9 Å². The molecule has 0 aliphatic heterocycles. The number of aryl methyl sites for hydroxylation is 2. The van der Waals surface area contributed by atoms with Crippen LogP contribution >= 0.6 is 11.6 Å². The Kier molecular flexibility index (Phi) is 6.34. The fourth-order valence-electron chi connectivity index (χ4n) is 2.74. The number of benzene rings is 3. The molecule has 0 heterocycles. The Balaban J connectivity index is 1.85. The van der Waals surface area contributed by atoms with Crippen molar-refractivity contribution >= 4 is 38.9 Å². The zero-order valence-electron chi connectivity index (χ0n) is 16.7. The van der Waals surface area contributed by atoms with Gasteiger partial charge in [-0.2, -0.15) is 0 Å². The number of nitrogens with one attached hydrogen (secondary N) is 2. The molecule has 0 radical (unpaired) electrons. The van der Waals surface area contributed by atoms with Gasteiger partial charge in [-0.3, -0.25) is 9.52 Å². The van der Waals surface area contributed by atoms with Gasteiger partial charge >= 0.3 is 0 Å². The molecule has 3 aromatic carbocycles. The van der Waals surface area contributed by atoms with E-state index in [-0.39, 0.29) is 15.5 Å². The Morgan fingerprint density at radius 1 is 0.900 bits per heavy atom. The van der Waals surface area contributed by atoms with E-state index in [4.69, 9.17) is 16.3 Å². The van der Waals surface area contributed by atoms with Gasteiger partial charge < -0.3 is 10.1 Å². The Bertz CT molecular complexity index is 1190. The van der Waals surface area contributed by atoms with Crippen LogP contribution in [0.15, 0.2) is 65.6 Å². The van der Waals surface area contributed by atoms with Gasteiger partial charge in [-0.25, -0.2) is 8.42 Å². The zero-order valence-corrected chi connectivity index (χ0v) is 18.3. The lowest BCUT2D eigenvalue weighted by molar-refractivity contribution is 0.102. The molecule has 0 unspecified atom stereocenters. The first-order valence-corrected chi connectivity index (χ1v) is 10.9. The summed E-state index contributed by atoms with van der Waals surface area (Å²) in [6, 6.07) is 16.0. The lowest BCUT2D eigenvalue weighted by Crippen LogP contribution is -2.16. The van der Waals surface area contributed by atoms with Crippen LogP contribution in [-0.2, 0) is 10.0 Å². The van der Waals surface area contributed by atoms with Crippen LogP contribution in [0.1, 0.15) is 21.5 Å². The molecule has 6 nitrogen and oxygen atoms in total. The largest absolute Gasteiger partial charge is 0.497 e. The number of carbonyl (C=O) groups excluding carboxylic acids is 1. The van der Waals surface area contributed by atoms with Gasteiger partial charge in [0.2, 0.25) is 0 Å². The molecular weight excluding hydrogens is 424 g/mol. The number of anilines is 2. The molecule has 0 fully saturated rings. The van der Waals surface area contributed by atoms with Gasteiger partial charge in [0, 0.05) is 11.4 Å². The van der Waals surface area contributed by atoms with E-state index < -0.39 is 15.9 Å². The summed E-state index contributed by atoms with van der Waals surface area (Å²) in [6.45, 7) is 3.84. The number of carbonyl (C=O) groups is 1. The van der Waals surface area contributed by atoms with E-state index >= 15 is 0 Å². The highest BCUT2D eigenvalue weighted by molar-refractivity contribution is 7.92. The van der Waals surface area contributed by atoms with Gasteiger partial charge in [-0.1, -0.05) is 17.7 Å². The maximum atomic E-state index is 12.8. The van der Waals surface area contributed by atoms with E-state index in [1.165, 1.54) is 18.2 Å². The molecule has 0 saturated carbocycles. The standard InChI is InChI=1S/C22H21ClN2O4S/c1-14-4-5-17(12-15(14)2)25-30(27,28)19-10-11-21(23)20(13-19)22(26)24-16-6-8-18(29-3)9-7-16/h4-13,25H,1-3H3,(H,24,26). The van der Waals surface area contributed by atoms with Gasteiger partial charge in [-0.15, -0.1) is 0 Å². The normalized spacial score (nSPS) is 11.1. The van der Waals surface area contributed by atoms with Crippen molar-refractivity contribution in [3.05, 3.63) is 82.4 Å². The summed E-state index contributed by atoms with van der Waals surface area (Å²) in [7, 11) is -2.36. The third-order valence-electron chi connectivity index (χ3n) is 4.60. The number of ether oxygens (including phenoxy) is 1. The second kappa shape index (κ2) is 8.77. The highest BCUT2D eigenvalue weighted by Gasteiger charge is 2.19. The first kappa shape index (κ1) is 21.7. The summed E-state index contributed by atoms with van der Waals surface area (Å²) < 4.78 is 33.2. The molecule has 0 spiro atoms. The molecule has 3 rings (SSSR count). The molecule has 0 aromatic heterocycles. The highest BCUT2D eigenvalue weighted by atomic mass is 35.5. The number of halogens is 1. The fraction of sp³-hybridized carbons (Fsp3) is 0.136. The van der Waals surface area contributed by atoms with Crippen LogP contribution < -0.4 is 14.8 Å². The smallest absolute Gasteiger partial charge is 0.261 e. The minimum absolute atomic E-state index is 0.0513. The molecule has 2 N–H and O–H groups in total. The summed E-state index contributed by atoms with van der Waals surface area (Å²) in [6.07, 6.45) is 0. The van der Waals surface area contributed by atoms with Gasteiger partial charge in [0.25, 0.3) is 15.9 Å². The quantitative estimate of drug-likeness (QED) is 0.559. The van der Waals surface area contributed by atoms with Crippen molar-refractivity contribution in [2.24, 2.45) is 0 Å². The average molecular weight is 445 g/mol. The molecule has 0 aliphatic carbocycles. The second-order valence-electron chi connectivity index (χ2n) is 6.73. The van der Waals surface area contributed by atoms with Gasteiger partial charge in [0.05, 0.1) is 22.6 Å². The van der Waals surface area contributed by atoms with Gasteiger partial charge in [-0.05, 0) is 79.6 Å². The SMILES string of the molecule is COc1ccc(NC(=O)c2cc(S(=O)(=O)Nc3ccc(C)c(C)c3)ccc2Cl)cc1. The van der Waals surface area contributed by atoms with Crippen LogP contribution in [0.5, 0.6) is 5.75 Å². The third kappa shape index (κ3) is 4.93. The number of amides is 1. The van der Waals surface area contributed by atoms with E-state index in [0.29, 0.717) is 17.1 Å². The van der Waals surface area contributed by atoms with Crippen LogP contribution in [0.4, 0.5) is 11.4 Å². The summed E-state index contributed by atoms with van der Waals surface area (Å²) in [5.41, 5.74) is 3.04. The van der Waals surface area contributed by atoms with E-state index in [9.17, 15) is 13.2 Å². The summed E-state index contributed by atoms with van der Waals surface area (Å²) in [5, 5.41) is 2.84. The summed E-state index contributed by atoms with van der Waals surface area (Å²) >= 11 is 6.16. The van der Waals surface area contributed by atoms with E-state index in [1.807, 2.05) is 19.9 Å². The molecule has 0 saturated heterocycles. The van der Waals surface area contributed by atoms with Crippen LogP contribution in [0.2, 0.25) is 5.02 Å². The van der Waals surface area contributed by atoms with Crippen LogP contribution in [-0.4, -0.2) is 21.4 Å². The highest BCUT2D eigenvalue weighted by Crippen LogP contribution is 2.25. The predicted molar refractivity (Wildman–Crippen MR) is 119 cm³/mol. The third-order valence-corrected chi connectivity index (χ3v) is 6.31. The number of hydrogen-bond donors (Lipinski definition) is 2. The molecule has 1 amide bonds. The lowest BCUT2D eigenvalue weighted by atomic mass is 10.1. The minimum Gasteiger partial charge on any atom is -0.497 e. The lowest BCUT2D eigenvalue weighted by Gasteiger charge is -2.12. The molecule has 0 bridgehead atoms. The molecule has 0 aliphatic rings. The first-order chi connectivity index (χ1) is 14.2. The Labute approximate surface area is 180 Å². The van der Waals surface area contributed by atoms with Crippen LogP contribution in [0.3, 0.4) is 0 Å². The van der Waals surface area contributed by atoms with Crippen molar-refractivity contribution in [3.63, 3.8) is 0 Å². The van der Waals surface area contributed by atoms with E-state index in [0.717, 1.165) is 11.1 Å². The average Bonchev–Trinajstić information content (AvgIpc) is 2.71. The Morgan fingerprint density at radius 2 is 1.57 bits per heavy atom. The Hall–Kier alpha value is -3.03. The van der Waals surface area contributed by atoms with E-state index in [1.54, 1.807) is 43.5 Å². The molecule has 30 heavy (non-hydrogen) atoms. The summed E-state index contributed by atoms with van der Waals surface area (Å²) in [4.78, 5) is 12.6. The minimum atomic E-state index is -3.90. The maximum Gasteiger partial charge on any atom is 0.261 e. The van der Waals surface area contributed by atoms with E-state index in [2.05, 4.69) is 10.0 Å². The molecular formula is C22H21ClN2O4S. The van der Waals surface area contributed by atoms with Gasteiger partial charge in [0.1, 0.15) is 5.75 Å². The molecule has 0 atom stereocenters. The van der Waals surface area contributed by atoms with Crippen molar-refractivity contribution in [3.8, 4) is 5.75 Å². The topological polar surface area (TPSA) is 84.5 Å². The monoisotopic (exact) mass is 444 g/mol. The van der Waals surface area contributed by atoms with Gasteiger partial charge in [0.15, 0.2) is 0 Å². The molecule has 8 heteroatoms. The van der Waals surface area contributed by atoms with Crippen molar-refractivity contribution in [2.75, 3.05) is 17.1 Å². The zero-order chi connectivity index (χ0) is 21.9. The second-order valence-corrected chi connectivity index (χ2v) is 8.82. The number of sulfonamides is 1. The molecule has 156 valence electrons. The van der Waals surface area contributed by atoms with Crippen LogP contribution in [0.25, 0.3) is 0 Å². The number of hydrogen-bond acceptors (Lipinski definition) is 4. The van der Waals surface area contributed by atoms with Crippen molar-refractivity contribution in [1.29, 1.82) is 0 Å².